The summed E-state index contributed by atoms with van der Waals surface area (Å²) in [5.74, 6) is 0.173. The highest BCUT2D eigenvalue weighted by molar-refractivity contribution is 9.10. The molecule has 0 aliphatic heterocycles. The van der Waals surface area contributed by atoms with Gasteiger partial charge in [0.15, 0.2) is 0 Å². The normalized spacial score (nSPS) is 24.0. The zero-order valence-corrected chi connectivity index (χ0v) is 9.42. The van der Waals surface area contributed by atoms with Gasteiger partial charge in [0.2, 0.25) is 0 Å². The van der Waals surface area contributed by atoms with Crippen LogP contribution < -0.4 is 0 Å². The van der Waals surface area contributed by atoms with E-state index in [1.165, 1.54) is 6.42 Å². The summed E-state index contributed by atoms with van der Waals surface area (Å²) in [7, 11) is 0. The van der Waals surface area contributed by atoms with Gasteiger partial charge in [-0.3, -0.25) is 4.79 Å². The van der Waals surface area contributed by atoms with Gasteiger partial charge in [-0.25, -0.2) is 0 Å². The molecular formula is C10H15BrO2. The molecule has 1 rings (SSSR count). The van der Waals surface area contributed by atoms with Crippen LogP contribution in [-0.2, 0) is 9.53 Å². The van der Waals surface area contributed by atoms with Crippen molar-refractivity contribution >= 4 is 21.9 Å². The minimum Gasteiger partial charge on any atom is -0.465 e. The molecule has 2 unspecified atom stereocenters. The lowest BCUT2D eigenvalue weighted by molar-refractivity contribution is -0.143. The maximum atomic E-state index is 11.3. The molecule has 3 heteroatoms. The van der Waals surface area contributed by atoms with Gasteiger partial charge < -0.3 is 4.74 Å². The van der Waals surface area contributed by atoms with E-state index in [0.29, 0.717) is 12.5 Å². The largest absolute Gasteiger partial charge is 0.465 e. The van der Waals surface area contributed by atoms with Crippen LogP contribution >= 0.6 is 15.9 Å². The fourth-order valence-corrected chi connectivity index (χ4v) is 2.05. The molecule has 0 bridgehead atoms. The fourth-order valence-electron chi connectivity index (χ4n) is 1.48. The number of hydrogen-bond donors (Lipinski definition) is 0. The van der Waals surface area contributed by atoms with Crippen molar-refractivity contribution in [1.29, 1.82) is 0 Å². The number of hydrogen-bond acceptors (Lipinski definition) is 2. The van der Waals surface area contributed by atoms with E-state index in [9.17, 15) is 4.79 Å². The van der Waals surface area contributed by atoms with Gasteiger partial charge in [-0.2, -0.15) is 0 Å². The smallest absolute Gasteiger partial charge is 0.320 e. The van der Waals surface area contributed by atoms with Gasteiger partial charge in [-0.05, 0) is 32.1 Å². The van der Waals surface area contributed by atoms with Gasteiger partial charge in [-0.15, -0.1) is 0 Å². The van der Waals surface area contributed by atoms with E-state index in [1.807, 2.05) is 6.92 Å². The molecule has 0 spiro atoms. The molecule has 0 fully saturated rings. The molecular weight excluding hydrogens is 232 g/mol. The second-order valence-electron chi connectivity index (χ2n) is 3.18. The molecule has 13 heavy (non-hydrogen) atoms. The molecule has 0 radical (unpaired) electrons. The topological polar surface area (TPSA) is 26.3 Å². The third kappa shape index (κ3) is 3.14. The summed E-state index contributed by atoms with van der Waals surface area (Å²) in [6.07, 6.45) is 7.63. The van der Waals surface area contributed by atoms with Crippen molar-refractivity contribution in [1.82, 2.24) is 0 Å². The van der Waals surface area contributed by atoms with Crippen LogP contribution in [0.15, 0.2) is 12.2 Å². The van der Waals surface area contributed by atoms with Crippen LogP contribution in [-0.4, -0.2) is 17.4 Å². The quantitative estimate of drug-likeness (QED) is 0.435. The van der Waals surface area contributed by atoms with E-state index >= 15 is 0 Å². The fraction of sp³-hybridized carbons (Fsp3) is 0.700. The van der Waals surface area contributed by atoms with Crippen LogP contribution in [0.5, 0.6) is 0 Å². The Bertz CT molecular complexity index is 201. The lowest BCUT2D eigenvalue weighted by Gasteiger charge is -2.20. The molecule has 2 nitrogen and oxygen atoms in total. The highest BCUT2D eigenvalue weighted by Gasteiger charge is 2.25. The minimum absolute atomic E-state index is 0.140. The first-order chi connectivity index (χ1) is 6.25. The van der Waals surface area contributed by atoms with E-state index in [4.69, 9.17) is 4.74 Å². The maximum absolute atomic E-state index is 11.3. The summed E-state index contributed by atoms with van der Waals surface area (Å²) in [6.45, 7) is 2.28. The molecule has 0 saturated heterocycles. The molecule has 0 heterocycles. The summed E-state index contributed by atoms with van der Waals surface area (Å²) in [4.78, 5) is 11.2. The molecule has 74 valence electrons. The zero-order chi connectivity index (χ0) is 9.68. The predicted molar refractivity (Wildman–Crippen MR) is 55.8 cm³/mol. The highest BCUT2D eigenvalue weighted by Crippen LogP contribution is 2.25. The Morgan fingerprint density at radius 3 is 3.08 bits per heavy atom. The molecule has 2 atom stereocenters. The SMILES string of the molecule is CCOC(=O)C(Br)C1C=CCCC1. The molecule has 0 N–H and O–H groups in total. The van der Waals surface area contributed by atoms with Gasteiger partial charge in [0, 0.05) is 0 Å². The average molecular weight is 247 g/mol. The number of allylic oxidation sites excluding steroid dienone is 2. The van der Waals surface area contributed by atoms with E-state index in [1.54, 1.807) is 0 Å². The van der Waals surface area contributed by atoms with Gasteiger partial charge in [0.1, 0.15) is 4.83 Å². The number of ether oxygens (including phenoxy) is 1. The second-order valence-corrected chi connectivity index (χ2v) is 4.16. The number of carbonyl (C=O) groups is 1. The third-order valence-corrected chi connectivity index (χ3v) is 3.23. The molecule has 1 aliphatic rings. The number of halogens is 1. The van der Waals surface area contributed by atoms with E-state index < -0.39 is 0 Å². The van der Waals surface area contributed by atoms with Gasteiger partial charge in [0.25, 0.3) is 0 Å². The monoisotopic (exact) mass is 246 g/mol. The first-order valence-corrected chi connectivity index (χ1v) is 5.64. The number of esters is 1. The van der Waals surface area contributed by atoms with Crippen molar-refractivity contribution in [2.45, 2.75) is 31.0 Å². The Kier molecular flexibility index (Phi) is 4.50. The van der Waals surface area contributed by atoms with Crippen molar-refractivity contribution in [3.63, 3.8) is 0 Å². The first-order valence-electron chi connectivity index (χ1n) is 4.73. The second kappa shape index (κ2) is 5.43. The summed E-state index contributed by atoms with van der Waals surface area (Å²) in [5, 5.41) is 0. The van der Waals surface area contributed by atoms with Crippen molar-refractivity contribution in [3.8, 4) is 0 Å². The molecule has 1 aliphatic carbocycles. The Morgan fingerprint density at radius 1 is 1.77 bits per heavy atom. The summed E-state index contributed by atoms with van der Waals surface area (Å²) >= 11 is 3.38. The van der Waals surface area contributed by atoms with E-state index in [0.717, 1.165) is 12.8 Å². The van der Waals surface area contributed by atoms with Crippen molar-refractivity contribution < 1.29 is 9.53 Å². The van der Waals surface area contributed by atoms with E-state index in [2.05, 4.69) is 28.1 Å². The van der Waals surface area contributed by atoms with Crippen molar-refractivity contribution in [3.05, 3.63) is 12.2 Å². The summed E-state index contributed by atoms with van der Waals surface area (Å²) < 4.78 is 4.94. The minimum atomic E-state index is -0.163. The predicted octanol–water partition coefficient (Wildman–Crippen LogP) is 2.67. The average Bonchev–Trinajstić information content (AvgIpc) is 2.18. The van der Waals surface area contributed by atoms with Gasteiger partial charge in [0.05, 0.1) is 6.61 Å². The number of rotatable bonds is 3. The molecule has 0 aromatic carbocycles. The van der Waals surface area contributed by atoms with Gasteiger partial charge in [-0.1, -0.05) is 28.1 Å². The Balaban J connectivity index is 2.45. The Labute approximate surface area is 87.5 Å². The van der Waals surface area contributed by atoms with Crippen LogP contribution in [0.3, 0.4) is 0 Å². The van der Waals surface area contributed by atoms with Crippen molar-refractivity contribution in [2.75, 3.05) is 6.61 Å². The third-order valence-electron chi connectivity index (χ3n) is 2.18. The van der Waals surface area contributed by atoms with E-state index in [-0.39, 0.29) is 10.8 Å². The molecule has 0 amide bonds. The number of carbonyl (C=O) groups excluding carboxylic acids is 1. The number of alkyl halides is 1. The lowest BCUT2D eigenvalue weighted by atomic mass is 9.93. The standard InChI is InChI=1S/C10H15BrO2/c1-2-13-10(12)9(11)8-6-4-3-5-7-8/h4,6,8-9H,2-3,5,7H2,1H3. The molecule has 0 aromatic heterocycles. The molecule has 0 aromatic rings. The summed E-state index contributed by atoms with van der Waals surface area (Å²) in [5.41, 5.74) is 0. The van der Waals surface area contributed by atoms with Crippen LogP contribution in [0.4, 0.5) is 0 Å². The van der Waals surface area contributed by atoms with Gasteiger partial charge >= 0.3 is 5.97 Å². The molecule has 0 saturated carbocycles. The Hall–Kier alpha value is -0.310. The first kappa shape index (κ1) is 10.8. The summed E-state index contributed by atoms with van der Waals surface area (Å²) in [6, 6.07) is 0. The van der Waals surface area contributed by atoms with Crippen molar-refractivity contribution in [2.24, 2.45) is 5.92 Å². The Morgan fingerprint density at radius 2 is 2.54 bits per heavy atom. The van der Waals surface area contributed by atoms with Crippen LogP contribution in [0, 0.1) is 5.92 Å². The lowest BCUT2D eigenvalue weighted by Crippen LogP contribution is -2.25. The zero-order valence-electron chi connectivity index (χ0n) is 7.83. The highest BCUT2D eigenvalue weighted by atomic mass is 79.9. The maximum Gasteiger partial charge on any atom is 0.320 e. The van der Waals surface area contributed by atoms with Crippen LogP contribution in [0.2, 0.25) is 0 Å². The van der Waals surface area contributed by atoms with Crippen LogP contribution in [0.25, 0.3) is 0 Å². The van der Waals surface area contributed by atoms with Crippen LogP contribution in [0.1, 0.15) is 26.2 Å².